The molecule has 1 N–H and O–H groups in total. The van der Waals surface area contributed by atoms with Crippen LogP contribution in [0.1, 0.15) is 77.6 Å². The van der Waals surface area contributed by atoms with Crippen molar-refractivity contribution in [3.05, 3.63) is 24.3 Å². The summed E-state index contributed by atoms with van der Waals surface area (Å²) in [5, 5.41) is 3.18. The van der Waals surface area contributed by atoms with Gasteiger partial charge in [-0.1, -0.05) is 57.8 Å². The number of amides is 1. The van der Waals surface area contributed by atoms with Crippen molar-refractivity contribution in [1.82, 2.24) is 5.32 Å². The van der Waals surface area contributed by atoms with Crippen LogP contribution >= 0.6 is 0 Å². The first kappa shape index (κ1) is 20.6. The topological polar surface area (TPSA) is 47.6 Å². The first-order valence-electron chi connectivity index (χ1n) is 10.4. The van der Waals surface area contributed by atoms with Crippen LogP contribution in [0.3, 0.4) is 0 Å². The summed E-state index contributed by atoms with van der Waals surface area (Å²) in [7, 11) is 0. The third kappa shape index (κ3) is 8.59. The fourth-order valence-corrected chi connectivity index (χ4v) is 3.52. The maximum absolute atomic E-state index is 12.3. The first-order valence-corrected chi connectivity index (χ1v) is 10.4. The predicted octanol–water partition coefficient (Wildman–Crippen LogP) is 5.25. The molecule has 0 radical (unpaired) electrons. The van der Waals surface area contributed by atoms with Gasteiger partial charge in [-0.25, -0.2) is 0 Å². The normalized spacial score (nSPS) is 17.6. The van der Waals surface area contributed by atoms with Gasteiger partial charge in [0.15, 0.2) is 6.61 Å². The molecule has 4 heteroatoms. The molecule has 1 aliphatic rings. The van der Waals surface area contributed by atoms with E-state index in [-0.39, 0.29) is 12.5 Å². The van der Waals surface area contributed by atoms with Crippen LogP contribution in [0.5, 0.6) is 11.5 Å². The number of ether oxygens (including phenoxy) is 2. The molecular formula is C22H35NO3. The zero-order chi connectivity index (χ0) is 18.5. The fraction of sp³-hybridized carbons (Fsp3) is 0.682. The van der Waals surface area contributed by atoms with E-state index in [1.54, 1.807) is 0 Å². The molecule has 1 saturated carbocycles. The molecule has 0 aliphatic heterocycles. The lowest BCUT2D eigenvalue weighted by Gasteiger charge is -2.19. The molecule has 4 nitrogen and oxygen atoms in total. The Morgan fingerprint density at radius 1 is 0.846 bits per heavy atom. The van der Waals surface area contributed by atoms with Crippen LogP contribution in [0, 0.1) is 0 Å². The predicted molar refractivity (Wildman–Crippen MR) is 106 cm³/mol. The van der Waals surface area contributed by atoms with Crippen LogP contribution < -0.4 is 14.8 Å². The molecule has 1 amide bonds. The van der Waals surface area contributed by atoms with Crippen LogP contribution in [-0.4, -0.2) is 25.2 Å². The zero-order valence-corrected chi connectivity index (χ0v) is 16.3. The van der Waals surface area contributed by atoms with Crippen molar-refractivity contribution >= 4 is 5.91 Å². The van der Waals surface area contributed by atoms with Gasteiger partial charge in [0.1, 0.15) is 11.5 Å². The SMILES string of the molecule is CCOc1ccc(OCC(=O)NC2CCCCCCCCCCC2)cc1. The number of hydrogen-bond acceptors (Lipinski definition) is 3. The van der Waals surface area contributed by atoms with Crippen molar-refractivity contribution in [1.29, 1.82) is 0 Å². The minimum absolute atomic E-state index is 0.0176. The van der Waals surface area contributed by atoms with Gasteiger partial charge in [0, 0.05) is 6.04 Å². The number of carbonyl (C=O) groups is 1. The zero-order valence-electron chi connectivity index (χ0n) is 16.3. The molecule has 0 bridgehead atoms. The summed E-state index contributed by atoms with van der Waals surface area (Å²) >= 11 is 0. The Kier molecular flexibility index (Phi) is 9.99. The van der Waals surface area contributed by atoms with Gasteiger partial charge in [0.25, 0.3) is 5.91 Å². The summed E-state index contributed by atoms with van der Waals surface area (Å²) in [6.07, 6.45) is 14.0. The van der Waals surface area contributed by atoms with Crippen molar-refractivity contribution < 1.29 is 14.3 Å². The first-order chi connectivity index (χ1) is 12.8. The Hall–Kier alpha value is -1.71. The van der Waals surface area contributed by atoms with E-state index in [2.05, 4.69) is 5.32 Å². The van der Waals surface area contributed by atoms with E-state index in [9.17, 15) is 4.79 Å². The average molecular weight is 362 g/mol. The van der Waals surface area contributed by atoms with Gasteiger partial charge < -0.3 is 14.8 Å². The maximum Gasteiger partial charge on any atom is 0.258 e. The monoisotopic (exact) mass is 361 g/mol. The highest BCUT2D eigenvalue weighted by molar-refractivity contribution is 5.77. The van der Waals surface area contributed by atoms with E-state index in [1.807, 2.05) is 31.2 Å². The third-order valence-electron chi connectivity index (χ3n) is 4.97. The largest absolute Gasteiger partial charge is 0.494 e. The lowest BCUT2D eigenvalue weighted by atomic mass is 9.98. The molecule has 146 valence electrons. The van der Waals surface area contributed by atoms with E-state index >= 15 is 0 Å². The Morgan fingerprint density at radius 3 is 1.81 bits per heavy atom. The summed E-state index contributed by atoms with van der Waals surface area (Å²) < 4.78 is 11.0. The summed E-state index contributed by atoms with van der Waals surface area (Å²) in [6.45, 7) is 2.67. The lowest BCUT2D eigenvalue weighted by Crippen LogP contribution is -2.38. The molecule has 0 atom stereocenters. The summed E-state index contributed by atoms with van der Waals surface area (Å²) in [4.78, 5) is 12.3. The number of carbonyl (C=O) groups excluding carboxylic acids is 1. The van der Waals surface area contributed by atoms with E-state index in [1.165, 1.54) is 57.8 Å². The smallest absolute Gasteiger partial charge is 0.258 e. The molecule has 0 spiro atoms. The van der Waals surface area contributed by atoms with Crippen molar-refractivity contribution in [2.75, 3.05) is 13.2 Å². The Balaban J connectivity index is 1.72. The molecule has 2 rings (SSSR count). The molecule has 1 aliphatic carbocycles. The number of rotatable bonds is 6. The Labute approximate surface area is 158 Å². The second-order valence-corrected chi connectivity index (χ2v) is 7.22. The van der Waals surface area contributed by atoms with Crippen LogP contribution in [0.2, 0.25) is 0 Å². The standard InChI is InChI=1S/C22H35NO3/c1-2-25-20-14-16-21(17-15-20)26-18-22(24)23-19-12-10-8-6-4-3-5-7-9-11-13-19/h14-17,19H,2-13,18H2,1H3,(H,23,24). The molecule has 1 aromatic rings. The summed E-state index contributed by atoms with van der Waals surface area (Å²) in [5.74, 6) is 1.50. The third-order valence-corrected chi connectivity index (χ3v) is 4.97. The van der Waals surface area contributed by atoms with Gasteiger partial charge in [-0.2, -0.15) is 0 Å². The van der Waals surface area contributed by atoms with E-state index in [0.29, 0.717) is 18.4 Å². The quantitative estimate of drug-likeness (QED) is 0.752. The number of hydrogen-bond donors (Lipinski definition) is 1. The van der Waals surface area contributed by atoms with Gasteiger partial charge in [0.2, 0.25) is 0 Å². The molecule has 26 heavy (non-hydrogen) atoms. The Bertz CT molecular complexity index is 489. The van der Waals surface area contributed by atoms with E-state index in [4.69, 9.17) is 9.47 Å². The average Bonchev–Trinajstić information content (AvgIpc) is 2.64. The molecule has 1 fully saturated rings. The molecule has 0 saturated heterocycles. The van der Waals surface area contributed by atoms with Crippen molar-refractivity contribution in [3.8, 4) is 11.5 Å². The fourth-order valence-electron chi connectivity index (χ4n) is 3.52. The number of benzene rings is 1. The van der Waals surface area contributed by atoms with Gasteiger partial charge in [-0.3, -0.25) is 4.79 Å². The lowest BCUT2D eigenvalue weighted by molar-refractivity contribution is -0.123. The highest BCUT2D eigenvalue weighted by Crippen LogP contribution is 2.18. The molecule has 1 aromatic carbocycles. The van der Waals surface area contributed by atoms with Gasteiger partial charge in [0.05, 0.1) is 6.61 Å². The minimum atomic E-state index is -0.0176. The van der Waals surface area contributed by atoms with Crippen molar-refractivity contribution in [3.63, 3.8) is 0 Å². The van der Waals surface area contributed by atoms with E-state index < -0.39 is 0 Å². The summed E-state index contributed by atoms with van der Waals surface area (Å²) in [5.41, 5.74) is 0. The highest BCUT2D eigenvalue weighted by Gasteiger charge is 2.13. The van der Waals surface area contributed by atoms with E-state index in [0.717, 1.165) is 18.6 Å². The number of nitrogens with one attached hydrogen (secondary N) is 1. The highest BCUT2D eigenvalue weighted by atomic mass is 16.5. The second-order valence-electron chi connectivity index (χ2n) is 7.22. The van der Waals surface area contributed by atoms with Gasteiger partial charge >= 0.3 is 0 Å². The molecule has 0 heterocycles. The van der Waals surface area contributed by atoms with Crippen LogP contribution in [0.25, 0.3) is 0 Å². The Morgan fingerprint density at radius 2 is 1.31 bits per heavy atom. The van der Waals surface area contributed by atoms with Crippen molar-refractivity contribution in [2.45, 2.75) is 83.6 Å². The minimum Gasteiger partial charge on any atom is -0.494 e. The molecule has 0 aromatic heterocycles. The van der Waals surface area contributed by atoms with Crippen LogP contribution in [-0.2, 0) is 4.79 Å². The van der Waals surface area contributed by atoms with Gasteiger partial charge in [-0.15, -0.1) is 0 Å². The van der Waals surface area contributed by atoms with Crippen LogP contribution in [0.15, 0.2) is 24.3 Å². The van der Waals surface area contributed by atoms with Crippen molar-refractivity contribution in [2.24, 2.45) is 0 Å². The van der Waals surface area contributed by atoms with Crippen LogP contribution in [0.4, 0.5) is 0 Å². The molecule has 0 unspecified atom stereocenters. The molecular weight excluding hydrogens is 326 g/mol. The van der Waals surface area contributed by atoms with Gasteiger partial charge in [-0.05, 0) is 44.0 Å². The maximum atomic E-state index is 12.3. The summed E-state index contributed by atoms with van der Waals surface area (Å²) in [6, 6.07) is 7.71. The second kappa shape index (κ2) is 12.6.